The number of hydrogen-bond donors (Lipinski definition) is 3. The van der Waals surface area contributed by atoms with Crippen molar-refractivity contribution in [1.82, 2.24) is 9.97 Å². The molecule has 2 rings (SSSR count). The number of nitrogens with two attached hydrogens (primary N) is 1. The molecule has 0 radical (unpaired) electrons. The van der Waals surface area contributed by atoms with Gasteiger partial charge in [-0.3, -0.25) is 0 Å². The second-order valence-corrected chi connectivity index (χ2v) is 5.24. The molecule has 4 N–H and O–H groups in total. The Hall–Kier alpha value is -0.822. The smallest absolute Gasteiger partial charge is 0.222 e. The molecule has 1 unspecified atom stereocenters. The minimum absolute atomic E-state index is 0. The van der Waals surface area contributed by atoms with Gasteiger partial charge in [-0.1, -0.05) is 18.5 Å². The van der Waals surface area contributed by atoms with Crippen molar-refractivity contribution in [3.05, 3.63) is 29.2 Å². The molecule has 2 aromatic rings. The summed E-state index contributed by atoms with van der Waals surface area (Å²) in [5.41, 5.74) is 5.55. The van der Waals surface area contributed by atoms with Crippen LogP contribution >= 0.6 is 11.6 Å². The Labute approximate surface area is 174 Å². The molecule has 0 saturated carbocycles. The Morgan fingerprint density at radius 2 is 1.85 bits per heavy atom. The summed E-state index contributed by atoms with van der Waals surface area (Å²) < 4.78 is 10.8. The van der Waals surface area contributed by atoms with Gasteiger partial charge in [0.05, 0.1) is 18.6 Å². The Bertz CT molecular complexity index is 620. The summed E-state index contributed by atoms with van der Waals surface area (Å²) in [6.45, 7) is 3.17. The second-order valence-electron chi connectivity index (χ2n) is 4.85. The number of aliphatic hydroxyl groups is 2. The molecule has 0 aromatic carbocycles. The molecule has 148 valence electrons. The number of nitrogens with zero attached hydrogens (tertiary/aromatic N) is 2. The van der Waals surface area contributed by atoms with E-state index in [1.165, 1.54) is 7.05 Å². The fourth-order valence-electron chi connectivity index (χ4n) is 2.19. The number of pyridine rings is 2. The third-order valence-electron chi connectivity index (χ3n) is 3.22. The van der Waals surface area contributed by atoms with Gasteiger partial charge in [-0.05, 0) is 24.1 Å². The number of aliphatic hydroxyl groups excluding tert-OH is 2. The molecular weight excluding hydrogens is 529 g/mol. The van der Waals surface area contributed by atoms with Crippen molar-refractivity contribution in [2.75, 3.05) is 41.1 Å². The number of aromatic nitrogens is 2. The predicted molar refractivity (Wildman–Crippen MR) is 100 cm³/mol. The number of ether oxygens (including phenoxy) is 2. The molecule has 0 bridgehead atoms. The van der Waals surface area contributed by atoms with E-state index in [9.17, 15) is 0 Å². The fourth-order valence-corrected chi connectivity index (χ4v) is 2.35. The summed E-state index contributed by atoms with van der Waals surface area (Å²) in [5.74, 6) is 0.700. The van der Waals surface area contributed by atoms with Crippen LogP contribution < -0.4 is 10.5 Å². The van der Waals surface area contributed by atoms with Gasteiger partial charge in [-0.25, -0.2) is 9.97 Å². The van der Waals surface area contributed by atoms with Gasteiger partial charge in [-0.2, -0.15) is 0 Å². The summed E-state index contributed by atoms with van der Waals surface area (Å²) in [5, 5.41) is 18.0. The van der Waals surface area contributed by atoms with Crippen molar-refractivity contribution in [3.8, 4) is 5.88 Å². The van der Waals surface area contributed by atoms with Gasteiger partial charge in [0.1, 0.15) is 5.15 Å². The molecule has 0 amide bonds. The number of hydrogen-bond acceptors (Lipinski definition) is 7. The summed E-state index contributed by atoms with van der Waals surface area (Å²) >= 11 is 6.01. The van der Waals surface area contributed by atoms with E-state index in [0.29, 0.717) is 30.7 Å². The first-order valence-corrected chi connectivity index (χ1v) is 8.24. The molecule has 2 aromatic heterocycles. The van der Waals surface area contributed by atoms with Crippen molar-refractivity contribution in [2.45, 2.75) is 19.3 Å². The van der Waals surface area contributed by atoms with Gasteiger partial charge in [0.2, 0.25) is 5.88 Å². The van der Waals surface area contributed by atoms with Crippen molar-refractivity contribution < 1.29 is 40.8 Å². The summed E-state index contributed by atoms with van der Waals surface area (Å²) in [6, 6.07) is 1.82. The summed E-state index contributed by atoms with van der Waals surface area (Å²) in [4.78, 5) is 8.48. The van der Waals surface area contributed by atoms with E-state index in [0.717, 1.165) is 23.4 Å². The molecule has 7 nitrogen and oxygen atoms in total. The van der Waals surface area contributed by atoms with Gasteiger partial charge < -0.3 is 25.4 Å². The normalized spacial score (nSPS) is 10.6. The molecule has 0 spiro atoms. The number of halogens is 1. The Morgan fingerprint density at radius 3 is 2.42 bits per heavy atom. The van der Waals surface area contributed by atoms with E-state index in [-0.39, 0.29) is 33.6 Å². The van der Waals surface area contributed by atoms with Crippen molar-refractivity contribution in [3.63, 3.8) is 0 Å². The van der Waals surface area contributed by atoms with Gasteiger partial charge in [0.15, 0.2) is 0 Å². The van der Waals surface area contributed by atoms with Crippen LogP contribution in [0.1, 0.15) is 24.8 Å². The zero-order chi connectivity index (χ0) is 19.2. The molecule has 0 aliphatic heterocycles. The average molecular weight is 558 g/mol. The predicted octanol–water partition coefficient (Wildman–Crippen LogP) is 1.98. The maximum Gasteiger partial charge on any atom is 0.222 e. The van der Waals surface area contributed by atoms with E-state index < -0.39 is 0 Å². The first-order chi connectivity index (χ1) is 12.2. The monoisotopic (exact) mass is 557 g/mol. The van der Waals surface area contributed by atoms with Crippen molar-refractivity contribution in [1.29, 1.82) is 0 Å². The topological polar surface area (TPSA) is 111 Å². The Balaban J connectivity index is 0. The number of rotatable bonds is 7. The third-order valence-corrected chi connectivity index (χ3v) is 3.43. The van der Waals surface area contributed by atoms with Crippen LogP contribution in [0.2, 0.25) is 5.15 Å². The van der Waals surface area contributed by atoms with Crippen LogP contribution in [0.15, 0.2) is 18.5 Å². The number of fused-ring (bicyclic) bond motifs is 1. The quantitative estimate of drug-likeness (QED) is 0.353. The molecule has 0 fully saturated rings. The Morgan fingerprint density at radius 1 is 1.19 bits per heavy atom. The largest absolute Gasteiger partial charge is 0.477 e. The molecular formula is C17H28ClN3O4W. The van der Waals surface area contributed by atoms with Gasteiger partial charge >= 0.3 is 0 Å². The van der Waals surface area contributed by atoms with Crippen LogP contribution in [0.5, 0.6) is 5.88 Å². The van der Waals surface area contributed by atoms with E-state index >= 15 is 0 Å². The second kappa shape index (κ2) is 16.4. The van der Waals surface area contributed by atoms with Gasteiger partial charge in [0, 0.05) is 66.6 Å². The first-order valence-electron chi connectivity index (χ1n) is 7.86. The molecule has 2 heterocycles. The van der Waals surface area contributed by atoms with Crippen LogP contribution in [0.3, 0.4) is 0 Å². The van der Waals surface area contributed by atoms with E-state index in [4.69, 9.17) is 31.3 Å². The maximum absolute atomic E-state index is 8.83. The molecule has 0 aliphatic carbocycles. The molecule has 1 atom stereocenters. The molecule has 26 heavy (non-hydrogen) atoms. The Kier molecular flexibility index (Phi) is 17.2. The minimum Gasteiger partial charge on any atom is -0.477 e. The van der Waals surface area contributed by atoms with Crippen LogP contribution in [0, 0.1) is 0 Å². The van der Waals surface area contributed by atoms with Crippen LogP contribution in [-0.2, 0) is 25.8 Å². The fraction of sp³-hybridized carbons (Fsp3) is 0.529. The standard InChI is InChI=1S/C15H19ClN2O3.CH5N.CH4O.W/c1-10(9-20-2)12-7-18-15(21-5-3-4-19)13-8-17-14(16)6-11(12)13;2*1-2;/h6-8,10,19H,3-5,9H2,1-2H3;2H2,1H3;2H,1H3;. The van der Waals surface area contributed by atoms with E-state index in [1.807, 2.05) is 6.07 Å². The third kappa shape index (κ3) is 8.25. The van der Waals surface area contributed by atoms with Crippen molar-refractivity contribution >= 4 is 22.4 Å². The van der Waals surface area contributed by atoms with Gasteiger partial charge in [0.25, 0.3) is 0 Å². The van der Waals surface area contributed by atoms with Crippen LogP contribution in [-0.4, -0.2) is 61.3 Å². The summed E-state index contributed by atoms with van der Waals surface area (Å²) in [7, 11) is 4.17. The molecule has 9 heteroatoms. The average Bonchev–Trinajstić information content (AvgIpc) is 2.65. The first kappa shape index (κ1) is 27.4. The van der Waals surface area contributed by atoms with Crippen LogP contribution in [0.4, 0.5) is 0 Å². The zero-order valence-corrected chi connectivity index (χ0v) is 19.3. The van der Waals surface area contributed by atoms with E-state index in [2.05, 4.69) is 22.6 Å². The van der Waals surface area contributed by atoms with Crippen LogP contribution in [0.25, 0.3) is 10.8 Å². The SMILES string of the molecule is CN.CO.COCC(C)c1cnc(OCCCO)c2cnc(Cl)cc12.[W]. The molecule has 0 aliphatic rings. The maximum atomic E-state index is 8.83. The summed E-state index contributed by atoms with van der Waals surface area (Å²) in [6.07, 6.45) is 4.02. The minimum atomic E-state index is 0. The van der Waals surface area contributed by atoms with E-state index in [1.54, 1.807) is 19.5 Å². The van der Waals surface area contributed by atoms with Gasteiger partial charge in [-0.15, -0.1) is 0 Å². The number of methoxy groups -OCH3 is 1. The van der Waals surface area contributed by atoms with Crippen molar-refractivity contribution in [2.24, 2.45) is 5.73 Å². The molecule has 0 saturated heterocycles. The zero-order valence-electron chi connectivity index (χ0n) is 15.6.